The van der Waals surface area contributed by atoms with Crippen molar-refractivity contribution in [3.8, 4) is 5.75 Å². The van der Waals surface area contributed by atoms with Crippen LogP contribution < -0.4 is 10.1 Å². The number of ether oxygens (including phenoxy) is 1. The molecular weight excluding hydrogens is 480 g/mol. The van der Waals surface area contributed by atoms with Gasteiger partial charge >= 0.3 is 6.18 Å². The zero-order valence-corrected chi connectivity index (χ0v) is 19.9. The fourth-order valence-electron chi connectivity index (χ4n) is 5.60. The molecule has 0 amide bonds. The van der Waals surface area contributed by atoms with Gasteiger partial charge in [0.05, 0.1) is 40.3 Å². The number of alkyl halides is 3. The van der Waals surface area contributed by atoms with Gasteiger partial charge in [0.15, 0.2) is 0 Å². The van der Waals surface area contributed by atoms with E-state index in [0.29, 0.717) is 24.8 Å². The number of benzene rings is 1. The molecule has 3 N–H and O–H groups in total. The van der Waals surface area contributed by atoms with E-state index < -0.39 is 34.8 Å². The summed E-state index contributed by atoms with van der Waals surface area (Å²) in [6.07, 6.45) is 0.413. The highest BCUT2D eigenvalue weighted by molar-refractivity contribution is 5.82. The van der Waals surface area contributed by atoms with Crippen molar-refractivity contribution in [1.82, 2.24) is 19.9 Å². The first-order chi connectivity index (χ1) is 16.8. The summed E-state index contributed by atoms with van der Waals surface area (Å²) in [5.41, 5.74) is -2.63. The predicted octanol–water partition coefficient (Wildman–Crippen LogP) is 4.08. The van der Waals surface area contributed by atoms with Crippen LogP contribution in [0.5, 0.6) is 5.75 Å². The molecule has 11 heteroatoms. The number of halogens is 4. The average molecular weight is 509 g/mol. The lowest BCUT2D eigenvalue weighted by atomic mass is 9.77. The van der Waals surface area contributed by atoms with Gasteiger partial charge in [0, 0.05) is 36.0 Å². The maximum absolute atomic E-state index is 14.0. The molecule has 3 atom stereocenters. The van der Waals surface area contributed by atoms with Crippen LogP contribution in [0.2, 0.25) is 0 Å². The molecule has 0 unspecified atom stereocenters. The number of nitrogens with one attached hydrogen (secondary N) is 1. The molecule has 3 aromatic rings. The van der Waals surface area contributed by atoms with Crippen LogP contribution in [0, 0.1) is 5.82 Å². The van der Waals surface area contributed by atoms with E-state index >= 15 is 0 Å². The molecule has 3 heterocycles. The van der Waals surface area contributed by atoms with Gasteiger partial charge < -0.3 is 24.8 Å². The lowest BCUT2D eigenvalue weighted by molar-refractivity contribution is -0.136. The zero-order valence-electron chi connectivity index (χ0n) is 19.9. The number of hydrogen-bond acceptors (Lipinski definition) is 6. The summed E-state index contributed by atoms with van der Waals surface area (Å²) in [6, 6.07) is 2.86. The van der Waals surface area contributed by atoms with E-state index in [2.05, 4.69) is 15.3 Å². The minimum atomic E-state index is -4.64. The third-order valence-electron chi connectivity index (χ3n) is 7.13. The van der Waals surface area contributed by atoms with Crippen LogP contribution >= 0.6 is 0 Å². The number of fused-ring (bicyclic) bond motifs is 1. The van der Waals surface area contributed by atoms with Crippen LogP contribution in [-0.2, 0) is 11.8 Å². The molecule has 1 saturated heterocycles. The normalized spacial score (nSPS) is 30.8. The van der Waals surface area contributed by atoms with Gasteiger partial charge in [0.1, 0.15) is 18.2 Å². The molecule has 1 aromatic carbocycles. The van der Waals surface area contributed by atoms with Crippen LogP contribution in [0.4, 0.5) is 17.6 Å². The molecule has 0 bridgehead atoms. The first-order valence-corrected chi connectivity index (χ1v) is 11.9. The Hall–Kier alpha value is -2.76. The van der Waals surface area contributed by atoms with Crippen molar-refractivity contribution < 1.29 is 32.5 Å². The van der Waals surface area contributed by atoms with E-state index in [1.807, 2.05) is 6.92 Å². The van der Waals surface area contributed by atoms with Crippen LogP contribution in [0.1, 0.15) is 56.7 Å². The molecule has 2 aromatic heterocycles. The van der Waals surface area contributed by atoms with Crippen LogP contribution in [0.15, 0.2) is 36.9 Å². The second kappa shape index (κ2) is 8.67. The van der Waals surface area contributed by atoms with Gasteiger partial charge in [-0.05, 0) is 51.7 Å². The molecule has 2 aliphatic rings. The highest BCUT2D eigenvalue weighted by Gasteiger charge is 2.43. The lowest BCUT2D eigenvalue weighted by Gasteiger charge is -2.42. The van der Waals surface area contributed by atoms with Crippen molar-refractivity contribution >= 4 is 11.0 Å². The van der Waals surface area contributed by atoms with E-state index in [1.165, 1.54) is 29.2 Å². The van der Waals surface area contributed by atoms with Gasteiger partial charge in [0.25, 0.3) is 0 Å². The van der Waals surface area contributed by atoms with E-state index in [-0.39, 0.29) is 41.9 Å². The molecule has 1 saturated carbocycles. The molecule has 7 nitrogen and oxygen atoms in total. The largest absolute Gasteiger partial charge is 0.492 e. The topological polar surface area (TPSA) is 92.4 Å². The Kier molecular flexibility index (Phi) is 6.00. The van der Waals surface area contributed by atoms with Gasteiger partial charge in [-0.3, -0.25) is 4.98 Å². The Morgan fingerprint density at radius 1 is 1.14 bits per heavy atom. The Bertz CT molecular complexity index is 1270. The first-order valence-electron chi connectivity index (χ1n) is 11.9. The molecule has 5 rings (SSSR count). The second-order valence-corrected chi connectivity index (χ2v) is 10.5. The van der Waals surface area contributed by atoms with Crippen LogP contribution in [0.25, 0.3) is 11.0 Å². The minimum Gasteiger partial charge on any atom is -0.492 e. The summed E-state index contributed by atoms with van der Waals surface area (Å²) in [5, 5.41) is 24.6. The summed E-state index contributed by atoms with van der Waals surface area (Å²) in [7, 11) is 0. The monoisotopic (exact) mass is 508 g/mol. The highest BCUT2D eigenvalue weighted by atomic mass is 19.4. The van der Waals surface area contributed by atoms with Gasteiger partial charge in [0.2, 0.25) is 0 Å². The van der Waals surface area contributed by atoms with E-state index in [4.69, 9.17) is 4.74 Å². The molecule has 194 valence electrons. The summed E-state index contributed by atoms with van der Waals surface area (Å²) in [6.45, 7) is 3.51. The molecule has 1 aliphatic heterocycles. The molecule has 1 aliphatic carbocycles. The van der Waals surface area contributed by atoms with Gasteiger partial charge in [-0.25, -0.2) is 9.37 Å². The fourth-order valence-corrected chi connectivity index (χ4v) is 5.60. The fraction of sp³-hybridized carbons (Fsp3) is 0.520. The van der Waals surface area contributed by atoms with Crippen molar-refractivity contribution in [3.63, 3.8) is 0 Å². The molecule has 36 heavy (non-hydrogen) atoms. The maximum atomic E-state index is 14.0. The molecular formula is C25H28F4N4O3. The van der Waals surface area contributed by atoms with Crippen molar-refractivity contribution in [1.29, 1.82) is 0 Å². The van der Waals surface area contributed by atoms with Crippen molar-refractivity contribution in [3.05, 3.63) is 53.9 Å². The van der Waals surface area contributed by atoms with Gasteiger partial charge in [-0.15, -0.1) is 0 Å². The van der Waals surface area contributed by atoms with Crippen LogP contribution in [0.3, 0.4) is 0 Å². The number of rotatable bonds is 5. The predicted molar refractivity (Wildman–Crippen MR) is 123 cm³/mol. The van der Waals surface area contributed by atoms with Crippen molar-refractivity contribution in [2.24, 2.45) is 0 Å². The third kappa shape index (κ3) is 4.79. The van der Waals surface area contributed by atoms with E-state index in [0.717, 1.165) is 12.3 Å². The van der Waals surface area contributed by atoms with Gasteiger partial charge in [-0.1, -0.05) is 0 Å². The summed E-state index contributed by atoms with van der Waals surface area (Å²) in [5.74, 6) is -0.547. The summed E-state index contributed by atoms with van der Waals surface area (Å²) < 4.78 is 63.1. The SMILES string of the molecule is C[C@H]1C[C@@](O)(c2cncc(F)c2)C[C@@H](COc2cc(C(F)(F)F)c3c(c2)ncn3C2CC(C)(O)C2)N1. The first kappa shape index (κ1) is 24.9. The standard InChI is InChI=1S/C25H28F4N4O3/c1-14-6-24(35,15-3-16(26)11-30-10-15)7-17(32-14)12-36-19-4-20(25(27,28)29)22-21(5-19)31-13-33(22)18-8-23(2,34)9-18/h3-5,10-11,13-14,17-18,32,34-35H,6-9,12H2,1-2H3/t14-,17-,18?,23?,24-/m0/s1. The molecule has 0 radical (unpaired) electrons. The smallest absolute Gasteiger partial charge is 0.418 e. The van der Waals surface area contributed by atoms with Crippen molar-refractivity contribution in [2.75, 3.05) is 6.61 Å². The Balaban J connectivity index is 1.38. The number of imidazole rings is 1. The van der Waals surface area contributed by atoms with Crippen LogP contribution in [-0.4, -0.2) is 49.0 Å². The minimum absolute atomic E-state index is 0.00953. The number of aliphatic hydroxyl groups is 2. The summed E-state index contributed by atoms with van der Waals surface area (Å²) >= 11 is 0. The maximum Gasteiger partial charge on any atom is 0.418 e. The second-order valence-electron chi connectivity index (χ2n) is 10.5. The Morgan fingerprint density at radius 2 is 1.89 bits per heavy atom. The zero-order chi connectivity index (χ0) is 25.9. The third-order valence-corrected chi connectivity index (χ3v) is 7.13. The number of piperidine rings is 1. The summed E-state index contributed by atoms with van der Waals surface area (Å²) in [4.78, 5) is 8.01. The highest BCUT2D eigenvalue weighted by Crippen LogP contribution is 2.45. The quantitative estimate of drug-likeness (QED) is 0.450. The average Bonchev–Trinajstić information content (AvgIpc) is 3.18. The number of pyridine rings is 1. The number of hydrogen-bond donors (Lipinski definition) is 3. The van der Waals surface area contributed by atoms with E-state index in [9.17, 15) is 27.8 Å². The molecule has 0 spiro atoms. The molecule has 2 fully saturated rings. The lowest BCUT2D eigenvalue weighted by Crippen LogP contribution is -2.53. The Labute approximate surface area is 205 Å². The van der Waals surface area contributed by atoms with Crippen molar-refractivity contribution in [2.45, 2.75) is 75.0 Å². The van der Waals surface area contributed by atoms with Gasteiger partial charge in [-0.2, -0.15) is 13.2 Å². The number of nitrogens with zero attached hydrogens (tertiary/aromatic N) is 3. The Morgan fingerprint density at radius 3 is 2.56 bits per heavy atom. The number of aromatic nitrogens is 3. The van der Waals surface area contributed by atoms with E-state index in [1.54, 1.807) is 6.92 Å².